The smallest absolute Gasteiger partial charge is 0.314 e. The maximum Gasteiger partial charge on any atom is 0.314 e. The molecule has 0 radical (unpaired) electrons. The number of carbonyl (C=O) groups excluding carboxylic acids is 2. The summed E-state index contributed by atoms with van der Waals surface area (Å²) in [6.07, 6.45) is 3.22. The lowest BCUT2D eigenvalue weighted by atomic mass is 10.1. The van der Waals surface area contributed by atoms with Crippen LogP contribution in [0.2, 0.25) is 5.02 Å². The lowest BCUT2D eigenvalue weighted by molar-refractivity contribution is -0.133. The molecule has 0 heterocycles. The van der Waals surface area contributed by atoms with Crippen molar-refractivity contribution in [2.75, 3.05) is 24.9 Å². The zero-order chi connectivity index (χ0) is 19.8. The van der Waals surface area contributed by atoms with Gasteiger partial charge in [0.15, 0.2) is 0 Å². The van der Waals surface area contributed by atoms with E-state index in [-0.39, 0.29) is 5.69 Å². The molecule has 6 nitrogen and oxygen atoms in total. The highest BCUT2D eigenvalue weighted by atomic mass is 35.5. The molecule has 0 aliphatic rings. The van der Waals surface area contributed by atoms with Crippen LogP contribution >= 0.6 is 11.6 Å². The van der Waals surface area contributed by atoms with Gasteiger partial charge < -0.3 is 20.1 Å². The van der Waals surface area contributed by atoms with Gasteiger partial charge in [-0.05, 0) is 30.5 Å². The Hall–Kier alpha value is -2.73. The Morgan fingerprint density at radius 2 is 1.59 bits per heavy atom. The second-order valence-electron chi connectivity index (χ2n) is 5.90. The van der Waals surface area contributed by atoms with Gasteiger partial charge in [-0.2, -0.15) is 0 Å². The number of nitrogens with one attached hydrogen (secondary N) is 2. The van der Waals surface area contributed by atoms with Crippen molar-refractivity contribution < 1.29 is 19.1 Å². The fourth-order valence-electron chi connectivity index (χ4n) is 2.46. The van der Waals surface area contributed by atoms with E-state index in [1.54, 1.807) is 12.1 Å². The number of halogens is 1. The standard InChI is InChI=1S/C20H23ClN2O4/c1-4-5-6-13-7-9-14(10-8-13)22-19(24)20(25)23-16-12-17(26-2)15(21)11-18(16)27-3/h7-12H,4-6H2,1-3H3,(H,22,24)(H,23,25). The monoisotopic (exact) mass is 390 g/mol. The van der Waals surface area contributed by atoms with Crippen molar-refractivity contribution in [1.82, 2.24) is 0 Å². The third-order valence-corrected chi connectivity index (χ3v) is 4.25. The number of rotatable bonds is 7. The predicted molar refractivity (Wildman–Crippen MR) is 107 cm³/mol. The molecule has 2 N–H and O–H groups in total. The zero-order valence-electron chi connectivity index (χ0n) is 15.6. The normalized spacial score (nSPS) is 10.2. The first kappa shape index (κ1) is 20.6. The SMILES string of the molecule is CCCCc1ccc(NC(=O)C(=O)Nc2cc(OC)c(Cl)cc2OC)cc1. The Morgan fingerprint density at radius 3 is 2.19 bits per heavy atom. The van der Waals surface area contributed by atoms with Crippen molar-refractivity contribution in [2.45, 2.75) is 26.2 Å². The lowest BCUT2D eigenvalue weighted by Gasteiger charge is -2.13. The summed E-state index contributed by atoms with van der Waals surface area (Å²) in [7, 11) is 2.89. The van der Waals surface area contributed by atoms with Crippen LogP contribution in [0.4, 0.5) is 11.4 Å². The van der Waals surface area contributed by atoms with E-state index in [0.29, 0.717) is 22.2 Å². The molecule has 2 aromatic carbocycles. The highest BCUT2D eigenvalue weighted by Gasteiger charge is 2.18. The minimum absolute atomic E-state index is 0.286. The molecule has 0 spiro atoms. The molecule has 27 heavy (non-hydrogen) atoms. The number of amides is 2. The van der Waals surface area contributed by atoms with Crippen molar-refractivity contribution in [1.29, 1.82) is 0 Å². The second-order valence-corrected chi connectivity index (χ2v) is 6.30. The van der Waals surface area contributed by atoms with E-state index in [2.05, 4.69) is 17.6 Å². The molecule has 0 unspecified atom stereocenters. The van der Waals surface area contributed by atoms with Crippen LogP contribution in [0, 0.1) is 0 Å². The van der Waals surface area contributed by atoms with E-state index < -0.39 is 11.8 Å². The molecule has 0 atom stereocenters. The van der Waals surface area contributed by atoms with Crippen LogP contribution in [0.25, 0.3) is 0 Å². The van der Waals surface area contributed by atoms with Crippen molar-refractivity contribution >= 4 is 34.8 Å². The molecule has 0 bridgehead atoms. The van der Waals surface area contributed by atoms with Gasteiger partial charge in [0.25, 0.3) is 0 Å². The molecule has 0 fully saturated rings. The average Bonchev–Trinajstić information content (AvgIpc) is 2.68. The number of unbranched alkanes of at least 4 members (excludes halogenated alkanes) is 1. The van der Waals surface area contributed by atoms with E-state index >= 15 is 0 Å². The number of hydrogen-bond acceptors (Lipinski definition) is 4. The summed E-state index contributed by atoms with van der Waals surface area (Å²) in [6.45, 7) is 2.14. The predicted octanol–water partition coefficient (Wildman–Crippen LogP) is 4.28. The van der Waals surface area contributed by atoms with Crippen molar-refractivity contribution in [2.24, 2.45) is 0 Å². The first-order chi connectivity index (χ1) is 13.0. The van der Waals surface area contributed by atoms with Gasteiger partial charge in [0.2, 0.25) is 0 Å². The van der Waals surface area contributed by atoms with Gasteiger partial charge in [-0.1, -0.05) is 37.1 Å². The van der Waals surface area contributed by atoms with Gasteiger partial charge in [-0.25, -0.2) is 0 Å². The van der Waals surface area contributed by atoms with E-state index in [9.17, 15) is 9.59 Å². The number of aryl methyl sites for hydroxylation is 1. The quantitative estimate of drug-likeness (QED) is 0.692. The van der Waals surface area contributed by atoms with Crippen molar-refractivity contribution in [3.8, 4) is 11.5 Å². The Bertz CT molecular complexity index is 806. The van der Waals surface area contributed by atoms with Gasteiger partial charge in [0, 0.05) is 17.8 Å². The molecule has 2 amide bonds. The highest BCUT2D eigenvalue weighted by Crippen LogP contribution is 2.35. The summed E-state index contributed by atoms with van der Waals surface area (Å²) in [5.41, 5.74) is 2.03. The van der Waals surface area contributed by atoms with E-state index in [1.165, 1.54) is 31.9 Å². The second kappa shape index (κ2) is 9.83. The first-order valence-electron chi connectivity index (χ1n) is 8.61. The third kappa shape index (κ3) is 5.62. The van der Waals surface area contributed by atoms with Crippen LogP contribution in [-0.2, 0) is 16.0 Å². The summed E-state index contributed by atoms with van der Waals surface area (Å²) >= 11 is 6.03. The molecular formula is C20H23ClN2O4. The summed E-state index contributed by atoms with van der Waals surface area (Å²) in [5.74, 6) is -0.932. The average molecular weight is 391 g/mol. The minimum atomic E-state index is -0.826. The van der Waals surface area contributed by atoms with Crippen molar-refractivity contribution in [3.05, 3.63) is 47.0 Å². The Balaban J connectivity index is 2.04. The fourth-order valence-corrected chi connectivity index (χ4v) is 2.69. The van der Waals surface area contributed by atoms with Crippen LogP contribution in [0.3, 0.4) is 0 Å². The van der Waals surface area contributed by atoms with Crippen molar-refractivity contribution in [3.63, 3.8) is 0 Å². The molecule has 0 aliphatic carbocycles. The molecule has 0 saturated heterocycles. The number of methoxy groups -OCH3 is 2. The van der Waals surface area contributed by atoms with E-state index in [0.717, 1.165) is 19.3 Å². The molecular weight excluding hydrogens is 368 g/mol. The maximum atomic E-state index is 12.2. The van der Waals surface area contributed by atoms with Gasteiger partial charge in [-0.15, -0.1) is 0 Å². The summed E-state index contributed by atoms with van der Waals surface area (Å²) in [5, 5.41) is 5.41. The number of anilines is 2. The fraction of sp³-hybridized carbons (Fsp3) is 0.300. The highest BCUT2D eigenvalue weighted by molar-refractivity contribution is 6.44. The molecule has 144 valence electrons. The molecule has 0 aliphatic heterocycles. The van der Waals surface area contributed by atoms with Crippen LogP contribution in [0.15, 0.2) is 36.4 Å². The number of hydrogen-bond donors (Lipinski definition) is 2. The summed E-state index contributed by atoms with van der Waals surface area (Å²) in [6, 6.07) is 10.4. The molecule has 2 aromatic rings. The Kier molecular flexibility index (Phi) is 7.49. The van der Waals surface area contributed by atoms with Crippen LogP contribution < -0.4 is 20.1 Å². The van der Waals surface area contributed by atoms with E-state index in [1.807, 2.05) is 12.1 Å². The van der Waals surface area contributed by atoms with Gasteiger partial charge >= 0.3 is 11.8 Å². The molecule has 0 aromatic heterocycles. The molecule has 0 saturated carbocycles. The number of benzene rings is 2. The van der Waals surface area contributed by atoms with E-state index in [4.69, 9.17) is 21.1 Å². The van der Waals surface area contributed by atoms with Gasteiger partial charge in [-0.3, -0.25) is 9.59 Å². The summed E-state index contributed by atoms with van der Waals surface area (Å²) in [4.78, 5) is 24.4. The van der Waals surface area contributed by atoms with Gasteiger partial charge in [0.05, 0.1) is 24.9 Å². The van der Waals surface area contributed by atoms with Crippen LogP contribution in [0.5, 0.6) is 11.5 Å². The molecule has 7 heteroatoms. The maximum absolute atomic E-state index is 12.2. The lowest BCUT2D eigenvalue weighted by Crippen LogP contribution is -2.29. The Morgan fingerprint density at radius 1 is 0.963 bits per heavy atom. The topological polar surface area (TPSA) is 76.7 Å². The number of ether oxygens (including phenoxy) is 2. The van der Waals surface area contributed by atoms with Crippen LogP contribution in [-0.4, -0.2) is 26.0 Å². The largest absolute Gasteiger partial charge is 0.495 e. The van der Waals surface area contributed by atoms with Gasteiger partial charge in [0.1, 0.15) is 11.5 Å². The minimum Gasteiger partial charge on any atom is -0.495 e. The van der Waals surface area contributed by atoms with Crippen LogP contribution in [0.1, 0.15) is 25.3 Å². The molecule has 2 rings (SSSR count). The third-order valence-electron chi connectivity index (χ3n) is 3.96. The summed E-state index contributed by atoms with van der Waals surface area (Å²) < 4.78 is 10.3. The Labute approximate surface area is 163 Å². The first-order valence-corrected chi connectivity index (χ1v) is 8.99. The zero-order valence-corrected chi connectivity index (χ0v) is 16.4. The number of carbonyl (C=O) groups is 2.